The van der Waals surface area contributed by atoms with E-state index in [-0.39, 0.29) is 12.4 Å². The van der Waals surface area contributed by atoms with E-state index < -0.39 is 0 Å². The van der Waals surface area contributed by atoms with Crippen molar-refractivity contribution in [1.29, 1.82) is 0 Å². The minimum absolute atomic E-state index is 0. The molecule has 0 saturated heterocycles. The van der Waals surface area contributed by atoms with E-state index in [4.69, 9.17) is 10.6 Å². The zero-order valence-corrected chi connectivity index (χ0v) is 7.73. The van der Waals surface area contributed by atoms with Crippen molar-refractivity contribution in [3.63, 3.8) is 0 Å². The molecular formula is C8H13ClN2O. The molecule has 0 aliphatic rings. The third kappa shape index (κ3) is 2.98. The lowest BCUT2D eigenvalue weighted by molar-refractivity contribution is 0.340. The number of nitrogens with one attached hydrogen (secondary N) is 1. The van der Waals surface area contributed by atoms with Gasteiger partial charge in [-0.25, -0.2) is 0 Å². The van der Waals surface area contributed by atoms with Gasteiger partial charge in [0.25, 0.3) is 0 Å². The molecule has 0 atom stereocenters. The maximum absolute atomic E-state index is 5.25. The van der Waals surface area contributed by atoms with Crippen LogP contribution >= 0.6 is 12.4 Å². The van der Waals surface area contributed by atoms with Crippen molar-refractivity contribution >= 4 is 18.1 Å². The quantitative estimate of drug-likeness (QED) is 0.562. The molecule has 4 heteroatoms. The predicted molar refractivity (Wildman–Crippen MR) is 52.7 cm³/mol. The Labute approximate surface area is 78.3 Å². The number of ether oxygens (including phenoxy) is 1. The molecule has 0 aliphatic heterocycles. The summed E-state index contributed by atoms with van der Waals surface area (Å²) in [7, 11) is 0. The van der Waals surface area contributed by atoms with Crippen LogP contribution in [0.15, 0.2) is 24.3 Å². The largest absolute Gasteiger partial charge is 0.494 e. The molecule has 0 aliphatic carbocycles. The first kappa shape index (κ1) is 11.1. The van der Waals surface area contributed by atoms with Gasteiger partial charge in [-0.15, -0.1) is 12.4 Å². The van der Waals surface area contributed by atoms with E-state index in [1.807, 2.05) is 31.2 Å². The van der Waals surface area contributed by atoms with Crippen LogP contribution in [0.3, 0.4) is 0 Å². The molecule has 1 aromatic carbocycles. The summed E-state index contributed by atoms with van der Waals surface area (Å²) in [4.78, 5) is 0. The topological polar surface area (TPSA) is 47.3 Å². The normalized spacial score (nSPS) is 8.50. The van der Waals surface area contributed by atoms with E-state index in [1.54, 1.807) is 0 Å². The van der Waals surface area contributed by atoms with Crippen molar-refractivity contribution in [2.75, 3.05) is 12.0 Å². The Morgan fingerprint density at radius 3 is 2.83 bits per heavy atom. The lowest BCUT2D eigenvalue weighted by Crippen LogP contribution is -2.06. The van der Waals surface area contributed by atoms with Crippen molar-refractivity contribution in [1.82, 2.24) is 0 Å². The Hall–Kier alpha value is -0.930. The van der Waals surface area contributed by atoms with Gasteiger partial charge in [0.1, 0.15) is 5.75 Å². The van der Waals surface area contributed by atoms with Gasteiger partial charge < -0.3 is 10.2 Å². The summed E-state index contributed by atoms with van der Waals surface area (Å²) in [6.45, 7) is 2.62. The van der Waals surface area contributed by atoms with Crippen molar-refractivity contribution in [3.8, 4) is 5.75 Å². The molecule has 0 heterocycles. The number of nitrogen functional groups attached to an aromatic ring is 1. The molecule has 0 aromatic heterocycles. The average molecular weight is 189 g/mol. The first-order valence-electron chi connectivity index (χ1n) is 3.56. The van der Waals surface area contributed by atoms with Crippen LogP contribution in [-0.2, 0) is 0 Å². The van der Waals surface area contributed by atoms with Gasteiger partial charge in [0.15, 0.2) is 0 Å². The Morgan fingerprint density at radius 2 is 2.25 bits per heavy atom. The maximum Gasteiger partial charge on any atom is 0.121 e. The Bertz CT molecular complexity index is 230. The summed E-state index contributed by atoms with van der Waals surface area (Å²) < 4.78 is 5.25. The molecule has 3 nitrogen and oxygen atoms in total. The van der Waals surface area contributed by atoms with Gasteiger partial charge in [0.05, 0.1) is 12.3 Å². The highest BCUT2D eigenvalue weighted by Crippen LogP contribution is 2.15. The number of benzene rings is 1. The monoisotopic (exact) mass is 188 g/mol. The van der Waals surface area contributed by atoms with E-state index in [9.17, 15) is 0 Å². The van der Waals surface area contributed by atoms with Crippen LogP contribution in [-0.4, -0.2) is 6.61 Å². The molecule has 0 bridgehead atoms. The Balaban J connectivity index is 0.00000121. The molecule has 0 amide bonds. The number of hydrogen-bond donors (Lipinski definition) is 2. The number of hydrazine groups is 1. The van der Waals surface area contributed by atoms with Gasteiger partial charge in [0.2, 0.25) is 0 Å². The van der Waals surface area contributed by atoms with Crippen molar-refractivity contribution in [2.24, 2.45) is 5.84 Å². The first-order valence-corrected chi connectivity index (χ1v) is 3.56. The maximum atomic E-state index is 5.25. The van der Waals surface area contributed by atoms with Crippen LogP contribution in [0.4, 0.5) is 5.69 Å². The second-order valence-corrected chi connectivity index (χ2v) is 2.11. The van der Waals surface area contributed by atoms with E-state index in [2.05, 4.69) is 5.43 Å². The fourth-order valence-electron chi connectivity index (χ4n) is 0.842. The first-order chi connectivity index (χ1) is 5.36. The molecule has 0 unspecified atom stereocenters. The fourth-order valence-corrected chi connectivity index (χ4v) is 0.842. The smallest absolute Gasteiger partial charge is 0.121 e. The van der Waals surface area contributed by atoms with Crippen LogP contribution < -0.4 is 16.0 Å². The highest BCUT2D eigenvalue weighted by Gasteiger charge is 1.91. The second kappa shape index (κ2) is 5.69. The van der Waals surface area contributed by atoms with Gasteiger partial charge in [0, 0.05) is 6.07 Å². The summed E-state index contributed by atoms with van der Waals surface area (Å²) in [6, 6.07) is 7.51. The Morgan fingerprint density at radius 1 is 1.50 bits per heavy atom. The molecule has 0 spiro atoms. The number of anilines is 1. The van der Waals surface area contributed by atoms with Crippen LogP contribution in [0.1, 0.15) is 6.92 Å². The molecule has 68 valence electrons. The van der Waals surface area contributed by atoms with Gasteiger partial charge in [-0.1, -0.05) is 6.07 Å². The molecule has 12 heavy (non-hydrogen) atoms. The summed E-state index contributed by atoms with van der Waals surface area (Å²) in [5.41, 5.74) is 3.40. The zero-order chi connectivity index (χ0) is 8.10. The van der Waals surface area contributed by atoms with Crippen LogP contribution in [0.2, 0.25) is 0 Å². The standard InChI is InChI=1S/C8H12N2O.ClH/c1-2-11-8-5-3-4-7(6-8)10-9;/h3-6,10H,2,9H2,1H3;1H. The van der Waals surface area contributed by atoms with Crippen molar-refractivity contribution in [3.05, 3.63) is 24.3 Å². The fraction of sp³-hybridized carbons (Fsp3) is 0.250. The minimum Gasteiger partial charge on any atom is -0.494 e. The lowest BCUT2D eigenvalue weighted by atomic mass is 10.3. The third-order valence-corrected chi connectivity index (χ3v) is 1.31. The summed E-state index contributed by atoms with van der Waals surface area (Å²) >= 11 is 0. The SMILES string of the molecule is CCOc1cccc(NN)c1.Cl. The molecule has 0 saturated carbocycles. The van der Waals surface area contributed by atoms with Crippen LogP contribution in [0.25, 0.3) is 0 Å². The number of nitrogens with two attached hydrogens (primary N) is 1. The van der Waals surface area contributed by atoms with Gasteiger partial charge in [-0.3, -0.25) is 5.84 Å². The van der Waals surface area contributed by atoms with Crippen molar-refractivity contribution < 1.29 is 4.74 Å². The van der Waals surface area contributed by atoms with Gasteiger partial charge in [-0.2, -0.15) is 0 Å². The van der Waals surface area contributed by atoms with Gasteiger partial charge in [-0.05, 0) is 19.1 Å². The summed E-state index contributed by atoms with van der Waals surface area (Å²) in [5, 5.41) is 0. The molecule has 0 radical (unpaired) electrons. The average Bonchev–Trinajstić information content (AvgIpc) is 2.06. The highest BCUT2D eigenvalue weighted by atomic mass is 35.5. The number of halogens is 1. The molecule has 3 N–H and O–H groups in total. The van der Waals surface area contributed by atoms with Crippen molar-refractivity contribution in [2.45, 2.75) is 6.92 Å². The van der Waals surface area contributed by atoms with Crippen LogP contribution in [0.5, 0.6) is 5.75 Å². The van der Waals surface area contributed by atoms with E-state index >= 15 is 0 Å². The lowest BCUT2D eigenvalue weighted by Gasteiger charge is -2.04. The molecule has 0 fully saturated rings. The molecule has 1 aromatic rings. The second-order valence-electron chi connectivity index (χ2n) is 2.11. The minimum atomic E-state index is 0. The summed E-state index contributed by atoms with van der Waals surface area (Å²) in [6.07, 6.45) is 0. The Kier molecular flexibility index (Phi) is 5.25. The summed E-state index contributed by atoms with van der Waals surface area (Å²) in [5.74, 6) is 6.05. The van der Waals surface area contributed by atoms with E-state index in [0.717, 1.165) is 11.4 Å². The molecular weight excluding hydrogens is 176 g/mol. The number of rotatable bonds is 3. The number of hydrogen-bond acceptors (Lipinski definition) is 3. The predicted octanol–water partition coefficient (Wildman–Crippen LogP) is 1.79. The van der Waals surface area contributed by atoms with E-state index in [1.165, 1.54) is 0 Å². The van der Waals surface area contributed by atoms with Gasteiger partial charge >= 0.3 is 0 Å². The van der Waals surface area contributed by atoms with E-state index in [0.29, 0.717) is 6.61 Å². The third-order valence-electron chi connectivity index (χ3n) is 1.31. The highest BCUT2D eigenvalue weighted by molar-refractivity contribution is 5.85. The van der Waals surface area contributed by atoms with Crippen LogP contribution in [0, 0.1) is 0 Å². The molecule has 1 rings (SSSR count). The zero-order valence-electron chi connectivity index (χ0n) is 6.91.